The molecule has 4 heteroatoms. The van der Waals surface area contributed by atoms with E-state index in [1.54, 1.807) is 0 Å². The van der Waals surface area contributed by atoms with Gasteiger partial charge in [0.2, 0.25) is 0 Å². The molecule has 1 aromatic rings. The predicted octanol–water partition coefficient (Wildman–Crippen LogP) is 1.83. The Kier molecular flexibility index (Phi) is 4.50. The molecule has 2 aliphatic rings. The summed E-state index contributed by atoms with van der Waals surface area (Å²) in [5.74, 6) is 0.657. The fraction of sp³-hybridized carbons (Fsp3) is 0.611. The smallest absolute Gasteiger partial charge is 0.253 e. The zero-order valence-corrected chi connectivity index (χ0v) is 13.6. The molecule has 1 saturated heterocycles. The number of β-amino-alcohol motifs (C(OH)–C–C–N with tert-alkyl or cyclic N) is 1. The molecule has 1 N–H and O–H groups in total. The second-order valence-corrected chi connectivity index (χ2v) is 6.87. The van der Waals surface area contributed by atoms with Gasteiger partial charge in [0, 0.05) is 38.3 Å². The standard InChI is InChI=1S/C18H26N2O2/c1-13-9-14(2)11-16(10-13)18(22)20-7-5-19(6-8-20)12-17(21)15-3-4-15/h9-11,15,17,21H,3-8,12H2,1-2H3/t17-/m0/s1. The Bertz CT molecular complexity index is 526. The number of hydrogen-bond donors (Lipinski definition) is 1. The lowest BCUT2D eigenvalue weighted by atomic mass is 10.1. The van der Waals surface area contributed by atoms with Crippen molar-refractivity contribution in [3.05, 3.63) is 34.9 Å². The Hall–Kier alpha value is -1.39. The molecule has 0 unspecified atom stereocenters. The summed E-state index contributed by atoms with van der Waals surface area (Å²) >= 11 is 0. The van der Waals surface area contributed by atoms with E-state index in [-0.39, 0.29) is 12.0 Å². The lowest BCUT2D eigenvalue weighted by Gasteiger charge is -2.35. The minimum absolute atomic E-state index is 0.134. The highest BCUT2D eigenvalue weighted by molar-refractivity contribution is 5.94. The Morgan fingerprint density at radius 2 is 1.73 bits per heavy atom. The molecule has 3 rings (SSSR count). The summed E-state index contributed by atoms with van der Waals surface area (Å²) in [7, 11) is 0. The van der Waals surface area contributed by atoms with E-state index in [0.717, 1.165) is 49.4 Å². The molecule has 120 valence electrons. The SMILES string of the molecule is Cc1cc(C)cc(C(=O)N2CCN(C[C@H](O)C3CC3)CC2)c1. The Morgan fingerprint density at radius 3 is 2.27 bits per heavy atom. The first kappa shape index (κ1) is 15.5. The van der Waals surface area contributed by atoms with Crippen molar-refractivity contribution in [3.8, 4) is 0 Å². The lowest BCUT2D eigenvalue weighted by Crippen LogP contribution is -2.50. The summed E-state index contributed by atoms with van der Waals surface area (Å²) in [6.07, 6.45) is 2.17. The van der Waals surface area contributed by atoms with Gasteiger partial charge in [-0.25, -0.2) is 0 Å². The summed E-state index contributed by atoms with van der Waals surface area (Å²) in [6.45, 7) is 8.05. The summed E-state index contributed by atoms with van der Waals surface area (Å²) < 4.78 is 0. The van der Waals surface area contributed by atoms with Gasteiger partial charge in [0.05, 0.1) is 6.10 Å². The number of carbonyl (C=O) groups is 1. The van der Waals surface area contributed by atoms with Gasteiger partial charge in [-0.3, -0.25) is 9.69 Å². The second kappa shape index (κ2) is 6.39. The van der Waals surface area contributed by atoms with Crippen molar-refractivity contribution in [2.45, 2.75) is 32.8 Å². The third-order valence-corrected chi connectivity index (χ3v) is 4.74. The average molecular weight is 302 g/mol. The van der Waals surface area contributed by atoms with Crippen molar-refractivity contribution in [1.29, 1.82) is 0 Å². The molecule has 0 aromatic heterocycles. The Morgan fingerprint density at radius 1 is 1.14 bits per heavy atom. The normalized spacial score (nSPS) is 21.0. The third-order valence-electron chi connectivity index (χ3n) is 4.74. The van der Waals surface area contributed by atoms with Crippen molar-refractivity contribution in [2.24, 2.45) is 5.92 Å². The van der Waals surface area contributed by atoms with Crippen LogP contribution in [0, 0.1) is 19.8 Å². The quantitative estimate of drug-likeness (QED) is 0.923. The van der Waals surface area contributed by atoms with Gasteiger partial charge >= 0.3 is 0 Å². The number of nitrogens with zero attached hydrogens (tertiary/aromatic N) is 2. The fourth-order valence-electron chi connectivity index (χ4n) is 3.31. The van der Waals surface area contributed by atoms with E-state index >= 15 is 0 Å². The van der Waals surface area contributed by atoms with Crippen LogP contribution in [0.1, 0.15) is 34.3 Å². The van der Waals surface area contributed by atoms with Gasteiger partial charge in [-0.05, 0) is 44.7 Å². The molecule has 0 bridgehead atoms. The van der Waals surface area contributed by atoms with Crippen LogP contribution in [-0.4, -0.2) is 59.6 Å². The van der Waals surface area contributed by atoms with E-state index in [1.165, 1.54) is 12.8 Å². The van der Waals surface area contributed by atoms with E-state index < -0.39 is 0 Å². The highest BCUT2D eigenvalue weighted by atomic mass is 16.3. The first-order chi connectivity index (χ1) is 10.5. The molecule has 1 heterocycles. The van der Waals surface area contributed by atoms with E-state index in [4.69, 9.17) is 0 Å². The molecular formula is C18H26N2O2. The highest BCUT2D eigenvalue weighted by Gasteiger charge is 2.32. The van der Waals surface area contributed by atoms with Gasteiger partial charge in [-0.1, -0.05) is 17.2 Å². The number of aliphatic hydroxyl groups excluding tert-OH is 1. The van der Waals surface area contributed by atoms with E-state index in [1.807, 2.05) is 30.9 Å². The van der Waals surface area contributed by atoms with Crippen molar-refractivity contribution in [1.82, 2.24) is 9.80 Å². The zero-order valence-electron chi connectivity index (χ0n) is 13.6. The van der Waals surface area contributed by atoms with Crippen LogP contribution in [0.5, 0.6) is 0 Å². The molecule has 2 fully saturated rings. The van der Waals surface area contributed by atoms with Crippen molar-refractivity contribution in [3.63, 3.8) is 0 Å². The predicted molar refractivity (Wildman–Crippen MR) is 87.0 cm³/mol. The van der Waals surface area contributed by atoms with Gasteiger partial charge in [-0.2, -0.15) is 0 Å². The minimum Gasteiger partial charge on any atom is -0.392 e. The number of amides is 1. The number of benzene rings is 1. The van der Waals surface area contributed by atoms with Crippen LogP contribution in [0.2, 0.25) is 0 Å². The molecule has 22 heavy (non-hydrogen) atoms. The maximum absolute atomic E-state index is 12.6. The molecule has 1 atom stereocenters. The lowest BCUT2D eigenvalue weighted by molar-refractivity contribution is 0.0488. The molecule has 0 radical (unpaired) electrons. The Labute approximate surface area is 132 Å². The highest BCUT2D eigenvalue weighted by Crippen LogP contribution is 2.32. The van der Waals surface area contributed by atoms with Crippen LogP contribution < -0.4 is 0 Å². The van der Waals surface area contributed by atoms with Gasteiger partial charge in [-0.15, -0.1) is 0 Å². The molecule has 0 spiro atoms. The van der Waals surface area contributed by atoms with Crippen LogP contribution in [0.25, 0.3) is 0 Å². The topological polar surface area (TPSA) is 43.8 Å². The summed E-state index contributed by atoms with van der Waals surface area (Å²) in [5.41, 5.74) is 3.06. The molecule has 1 aromatic carbocycles. The molecular weight excluding hydrogens is 276 g/mol. The van der Waals surface area contributed by atoms with Crippen LogP contribution in [0.4, 0.5) is 0 Å². The number of hydrogen-bond acceptors (Lipinski definition) is 3. The van der Waals surface area contributed by atoms with Crippen LogP contribution in [0.15, 0.2) is 18.2 Å². The number of aryl methyl sites for hydroxylation is 2. The third kappa shape index (κ3) is 3.68. The van der Waals surface area contributed by atoms with Crippen molar-refractivity contribution < 1.29 is 9.90 Å². The zero-order chi connectivity index (χ0) is 15.7. The molecule has 4 nitrogen and oxygen atoms in total. The first-order valence-electron chi connectivity index (χ1n) is 8.31. The van der Waals surface area contributed by atoms with E-state index in [0.29, 0.717) is 5.92 Å². The van der Waals surface area contributed by atoms with Crippen molar-refractivity contribution >= 4 is 5.91 Å². The number of carbonyl (C=O) groups excluding carboxylic acids is 1. The number of rotatable bonds is 4. The summed E-state index contributed by atoms with van der Waals surface area (Å²) in [5, 5.41) is 10.0. The number of aliphatic hydroxyl groups is 1. The van der Waals surface area contributed by atoms with Crippen LogP contribution in [-0.2, 0) is 0 Å². The maximum Gasteiger partial charge on any atom is 0.253 e. The van der Waals surface area contributed by atoms with E-state index in [2.05, 4.69) is 11.0 Å². The van der Waals surface area contributed by atoms with Crippen LogP contribution >= 0.6 is 0 Å². The largest absolute Gasteiger partial charge is 0.392 e. The monoisotopic (exact) mass is 302 g/mol. The molecule has 1 amide bonds. The summed E-state index contributed by atoms with van der Waals surface area (Å²) in [6, 6.07) is 6.03. The second-order valence-electron chi connectivity index (χ2n) is 6.87. The maximum atomic E-state index is 12.6. The first-order valence-corrected chi connectivity index (χ1v) is 8.31. The van der Waals surface area contributed by atoms with Gasteiger partial charge in [0.15, 0.2) is 0 Å². The summed E-state index contributed by atoms with van der Waals surface area (Å²) in [4.78, 5) is 16.8. The van der Waals surface area contributed by atoms with Crippen LogP contribution in [0.3, 0.4) is 0 Å². The fourth-order valence-corrected chi connectivity index (χ4v) is 3.31. The van der Waals surface area contributed by atoms with Gasteiger partial charge in [0.1, 0.15) is 0 Å². The van der Waals surface area contributed by atoms with Gasteiger partial charge < -0.3 is 10.0 Å². The molecule has 1 aliphatic carbocycles. The molecule has 1 saturated carbocycles. The Balaban J connectivity index is 1.55. The van der Waals surface area contributed by atoms with Gasteiger partial charge in [0.25, 0.3) is 5.91 Å². The minimum atomic E-state index is -0.179. The molecule has 1 aliphatic heterocycles. The van der Waals surface area contributed by atoms with Crippen molar-refractivity contribution in [2.75, 3.05) is 32.7 Å². The van der Waals surface area contributed by atoms with E-state index in [9.17, 15) is 9.90 Å². The number of piperazine rings is 1. The average Bonchev–Trinajstić information content (AvgIpc) is 3.31.